The van der Waals surface area contributed by atoms with Gasteiger partial charge in [-0.1, -0.05) is 30.6 Å². The van der Waals surface area contributed by atoms with Crippen molar-refractivity contribution in [3.8, 4) is 45.6 Å². The average Bonchev–Trinajstić information content (AvgIpc) is 3.69. The number of fused-ring (bicyclic) bond motifs is 3. The molecular formula is C41H38N4O3Pt. The second-order valence-corrected chi connectivity index (χ2v) is 12.1. The first kappa shape index (κ1) is 34.0. The van der Waals surface area contributed by atoms with Crippen LogP contribution in [0, 0.1) is 46.8 Å². The fourth-order valence-corrected chi connectivity index (χ4v) is 6.37. The van der Waals surface area contributed by atoms with Crippen molar-refractivity contribution in [2.24, 2.45) is 0 Å². The first-order valence-electron chi connectivity index (χ1n) is 16.3. The van der Waals surface area contributed by atoms with Crippen LogP contribution in [0.15, 0.2) is 79.3 Å². The molecule has 0 spiro atoms. The van der Waals surface area contributed by atoms with E-state index in [2.05, 4.69) is 74.7 Å². The summed E-state index contributed by atoms with van der Waals surface area (Å²) in [6, 6.07) is 27.4. The van der Waals surface area contributed by atoms with Gasteiger partial charge in [-0.05, 0) is 93.1 Å². The third kappa shape index (κ3) is 6.24. The van der Waals surface area contributed by atoms with Gasteiger partial charge in [0.15, 0.2) is 0 Å². The fourth-order valence-electron chi connectivity index (χ4n) is 6.37. The molecule has 0 N–H and O–H groups in total. The van der Waals surface area contributed by atoms with Crippen LogP contribution in [0.5, 0.6) is 23.0 Å². The molecule has 7 aromatic rings. The number of benzene rings is 4. The van der Waals surface area contributed by atoms with Gasteiger partial charge < -0.3 is 18.8 Å². The van der Waals surface area contributed by atoms with Crippen molar-refractivity contribution in [2.45, 2.75) is 48.5 Å². The number of hydrogen-bond acceptors (Lipinski definition) is 5. The summed E-state index contributed by atoms with van der Waals surface area (Å²) in [6.07, 6.45) is 5.69. The molecule has 49 heavy (non-hydrogen) atoms. The normalized spacial score (nSPS) is 11.2. The molecule has 0 amide bonds. The second-order valence-electron chi connectivity index (χ2n) is 12.1. The van der Waals surface area contributed by atoms with E-state index in [4.69, 9.17) is 24.3 Å². The average molecular weight is 830 g/mol. The molecule has 0 aliphatic heterocycles. The minimum absolute atomic E-state index is 0. The van der Waals surface area contributed by atoms with Gasteiger partial charge in [0.2, 0.25) is 0 Å². The molecule has 7 nitrogen and oxygen atoms in total. The van der Waals surface area contributed by atoms with E-state index in [1.54, 1.807) is 0 Å². The third-order valence-electron chi connectivity index (χ3n) is 8.84. The predicted molar refractivity (Wildman–Crippen MR) is 191 cm³/mol. The zero-order valence-corrected chi connectivity index (χ0v) is 31.0. The van der Waals surface area contributed by atoms with E-state index in [9.17, 15) is 0 Å². The topological polar surface area (TPSA) is 63.3 Å². The summed E-state index contributed by atoms with van der Waals surface area (Å²) >= 11 is 0. The van der Waals surface area contributed by atoms with E-state index < -0.39 is 0 Å². The number of aromatic nitrogens is 4. The first-order valence-corrected chi connectivity index (χ1v) is 16.3. The Hall–Kier alpha value is -4.87. The van der Waals surface area contributed by atoms with Crippen LogP contribution in [0.25, 0.3) is 44.4 Å². The van der Waals surface area contributed by atoms with Crippen molar-refractivity contribution in [1.29, 1.82) is 0 Å². The summed E-state index contributed by atoms with van der Waals surface area (Å²) in [5.41, 5.74) is 10.1. The molecule has 7 rings (SSSR count). The number of rotatable bonds is 9. The first-order chi connectivity index (χ1) is 23.3. The second kappa shape index (κ2) is 13.9. The van der Waals surface area contributed by atoms with Crippen molar-refractivity contribution in [1.82, 2.24) is 19.3 Å². The summed E-state index contributed by atoms with van der Waals surface area (Å²) in [5.74, 6) is 3.64. The SMILES string of the molecule is CCOc1c(C)c(C)c(C)c(OCC)c1-c1cnn(-c2[c-]c(Oc3[c-]c4c(cc3)c3ccccc3n4-c3cc(C)ccn3)cc(C)c2)c1.[Pt+2]. The van der Waals surface area contributed by atoms with Crippen LogP contribution in [-0.4, -0.2) is 32.5 Å². The van der Waals surface area contributed by atoms with Gasteiger partial charge in [-0.2, -0.15) is 16.7 Å². The monoisotopic (exact) mass is 829 g/mol. The summed E-state index contributed by atoms with van der Waals surface area (Å²) in [4.78, 5) is 4.69. The maximum Gasteiger partial charge on any atom is 2.00 e. The van der Waals surface area contributed by atoms with E-state index in [0.717, 1.165) is 83.8 Å². The number of aryl methyl sites for hydroxylation is 2. The minimum atomic E-state index is 0. The van der Waals surface area contributed by atoms with Crippen LogP contribution in [0.2, 0.25) is 0 Å². The van der Waals surface area contributed by atoms with E-state index in [1.165, 1.54) is 0 Å². The van der Waals surface area contributed by atoms with Gasteiger partial charge in [0.1, 0.15) is 17.3 Å². The summed E-state index contributed by atoms with van der Waals surface area (Å²) in [6.45, 7) is 15.5. The van der Waals surface area contributed by atoms with Crippen LogP contribution in [0.4, 0.5) is 0 Å². The van der Waals surface area contributed by atoms with Gasteiger partial charge in [0.05, 0.1) is 25.0 Å². The number of para-hydroxylation sites is 1. The number of hydrogen-bond donors (Lipinski definition) is 0. The molecule has 3 heterocycles. The maximum atomic E-state index is 6.45. The van der Waals surface area contributed by atoms with Crippen molar-refractivity contribution in [2.75, 3.05) is 13.2 Å². The molecule has 0 atom stereocenters. The Morgan fingerprint density at radius 3 is 2.18 bits per heavy atom. The van der Waals surface area contributed by atoms with Gasteiger partial charge in [-0.3, -0.25) is 4.68 Å². The van der Waals surface area contributed by atoms with Crippen molar-refractivity contribution in [3.05, 3.63) is 119 Å². The number of pyridine rings is 1. The Bertz CT molecular complexity index is 2290. The fraction of sp³-hybridized carbons (Fsp3) is 0.220. The largest absolute Gasteiger partial charge is 2.00 e. The van der Waals surface area contributed by atoms with Gasteiger partial charge >= 0.3 is 21.1 Å². The minimum Gasteiger partial charge on any atom is -0.509 e. The molecule has 0 bridgehead atoms. The summed E-state index contributed by atoms with van der Waals surface area (Å²) in [7, 11) is 0. The number of nitrogens with zero attached hydrogens (tertiary/aromatic N) is 4. The Labute approximate surface area is 301 Å². The van der Waals surface area contributed by atoms with Crippen LogP contribution >= 0.6 is 0 Å². The van der Waals surface area contributed by atoms with Crippen LogP contribution < -0.4 is 14.2 Å². The smallest absolute Gasteiger partial charge is 0.509 e. The predicted octanol–water partition coefficient (Wildman–Crippen LogP) is 9.76. The van der Waals surface area contributed by atoms with Crippen molar-refractivity contribution >= 4 is 21.8 Å². The molecular weight excluding hydrogens is 792 g/mol. The molecule has 250 valence electrons. The molecule has 0 aliphatic rings. The van der Waals surface area contributed by atoms with E-state index >= 15 is 0 Å². The molecule has 8 heteroatoms. The van der Waals surface area contributed by atoms with Gasteiger partial charge in [0, 0.05) is 35.0 Å². The van der Waals surface area contributed by atoms with Gasteiger partial charge in [-0.25, -0.2) is 4.98 Å². The molecule has 3 aromatic heterocycles. The molecule has 0 fully saturated rings. The Morgan fingerprint density at radius 2 is 1.47 bits per heavy atom. The van der Waals surface area contributed by atoms with Crippen LogP contribution in [0.1, 0.15) is 41.7 Å². The Balaban J connectivity index is 0.00000417. The van der Waals surface area contributed by atoms with E-state index in [0.29, 0.717) is 24.7 Å². The molecule has 0 radical (unpaired) electrons. The Morgan fingerprint density at radius 1 is 0.735 bits per heavy atom. The number of ether oxygens (including phenoxy) is 3. The van der Waals surface area contributed by atoms with E-state index in [-0.39, 0.29) is 21.1 Å². The van der Waals surface area contributed by atoms with Crippen molar-refractivity contribution < 1.29 is 35.3 Å². The maximum absolute atomic E-state index is 6.45. The molecule has 0 aliphatic carbocycles. The van der Waals surface area contributed by atoms with Gasteiger partial charge in [0.25, 0.3) is 0 Å². The third-order valence-corrected chi connectivity index (χ3v) is 8.84. The molecule has 4 aromatic carbocycles. The van der Waals surface area contributed by atoms with Crippen molar-refractivity contribution in [3.63, 3.8) is 0 Å². The summed E-state index contributed by atoms with van der Waals surface area (Å²) < 4.78 is 22.8. The zero-order chi connectivity index (χ0) is 33.5. The zero-order valence-electron chi connectivity index (χ0n) is 28.7. The van der Waals surface area contributed by atoms with Crippen LogP contribution in [0.3, 0.4) is 0 Å². The summed E-state index contributed by atoms with van der Waals surface area (Å²) in [5, 5.41) is 6.97. The standard InChI is InChI=1S/C41H38N4O3.Pt/c1-8-46-40-28(6)27(5)29(7)41(47-9-2)39(40)30-23-43-44(24-30)31-18-26(4)19-33(21-31)48-32-14-15-35-34-12-10-11-13-36(34)45(37(35)22-32)38-20-25(3)16-17-42-38;/h10-20,23-24H,8-9H2,1-7H3;/q-2;+2. The Kier molecular flexibility index (Phi) is 9.67. The van der Waals surface area contributed by atoms with Gasteiger partial charge in [-0.15, -0.1) is 35.7 Å². The molecule has 0 saturated heterocycles. The molecule has 0 unspecified atom stereocenters. The van der Waals surface area contributed by atoms with E-state index in [1.807, 2.05) is 74.4 Å². The van der Waals surface area contributed by atoms with Crippen LogP contribution in [-0.2, 0) is 21.1 Å². The molecule has 0 saturated carbocycles. The quantitative estimate of drug-likeness (QED) is 0.136.